The smallest absolute Gasteiger partial charge is 0.145 e. The molecule has 0 saturated heterocycles. The summed E-state index contributed by atoms with van der Waals surface area (Å²) < 4.78 is 13.4. The van der Waals surface area contributed by atoms with Gasteiger partial charge in [-0.25, -0.2) is 4.39 Å². The van der Waals surface area contributed by atoms with Gasteiger partial charge in [0, 0.05) is 16.1 Å². The van der Waals surface area contributed by atoms with Gasteiger partial charge in [-0.05, 0) is 24.3 Å². The summed E-state index contributed by atoms with van der Waals surface area (Å²) in [5.41, 5.74) is 1.47. The van der Waals surface area contributed by atoms with E-state index in [1.165, 1.54) is 6.07 Å². The van der Waals surface area contributed by atoms with Gasteiger partial charge in [0.05, 0.1) is 29.4 Å². The zero-order valence-corrected chi connectivity index (χ0v) is 10.6. The number of nitrogens with zero attached hydrogens (tertiary/aromatic N) is 2. The van der Waals surface area contributed by atoms with Gasteiger partial charge < -0.3 is 0 Å². The van der Waals surface area contributed by atoms with Gasteiger partial charge in [-0.2, -0.15) is 5.26 Å². The lowest BCUT2D eigenvalue weighted by Gasteiger charge is -2.06. The van der Waals surface area contributed by atoms with Crippen molar-refractivity contribution in [1.29, 1.82) is 5.26 Å². The van der Waals surface area contributed by atoms with E-state index >= 15 is 0 Å². The Kier molecular flexibility index (Phi) is 3.81. The van der Waals surface area contributed by atoms with Crippen molar-refractivity contribution in [3.05, 3.63) is 51.9 Å². The lowest BCUT2D eigenvalue weighted by Crippen LogP contribution is -1.93. The molecular formula is C13H7Cl2FN2. The molecule has 0 bridgehead atoms. The van der Waals surface area contributed by atoms with Gasteiger partial charge in [-0.1, -0.05) is 23.2 Å². The van der Waals surface area contributed by atoms with E-state index in [4.69, 9.17) is 28.5 Å². The molecule has 2 rings (SSSR count). The number of halogens is 3. The molecule has 0 aliphatic carbocycles. The Hall–Kier alpha value is -1.63. The van der Waals surface area contributed by atoms with E-state index in [1.54, 1.807) is 18.2 Å². The minimum atomic E-state index is -0.495. The van der Waals surface area contributed by atoms with Crippen LogP contribution in [-0.4, -0.2) is 4.98 Å². The van der Waals surface area contributed by atoms with Crippen LogP contribution in [0.2, 0.25) is 10.0 Å². The Morgan fingerprint density at radius 1 is 1.28 bits per heavy atom. The molecule has 18 heavy (non-hydrogen) atoms. The molecule has 1 aromatic carbocycles. The van der Waals surface area contributed by atoms with Crippen molar-refractivity contribution >= 4 is 23.2 Å². The fraction of sp³-hybridized carbons (Fsp3) is 0.0769. The number of pyridine rings is 1. The Morgan fingerprint density at radius 3 is 2.72 bits per heavy atom. The molecule has 2 aromatic rings. The van der Waals surface area contributed by atoms with Gasteiger partial charge in [0.15, 0.2) is 0 Å². The number of benzene rings is 1. The third-order valence-electron chi connectivity index (χ3n) is 2.41. The highest BCUT2D eigenvalue weighted by atomic mass is 35.5. The molecule has 0 atom stereocenters. The highest BCUT2D eigenvalue weighted by Crippen LogP contribution is 2.29. The summed E-state index contributed by atoms with van der Waals surface area (Å²) in [5.74, 6) is -0.495. The fourth-order valence-corrected chi connectivity index (χ4v) is 2.05. The third-order valence-corrected chi connectivity index (χ3v) is 2.96. The molecule has 1 aromatic heterocycles. The van der Waals surface area contributed by atoms with Crippen molar-refractivity contribution in [3.63, 3.8) is 0 Å². The molecule has 0 spiro atoms. The Bertz CT molecular complexity index is 635. The Morgan fingerprint density at radius 2 is 2.06 bits per heavy atom. The van der Waals surface area contributed by atoms with Crippen molar-refractivity contribution in [3.8, 4) is 17.3 Å². The predicted octanol–water partition coefficient (Wildman–Crippen LogP) is 4.26. The van der Waals surface area contributed by atoms with Crippen LogP contribution in [0.3, 0.4) is 0 Å². The quantitative estimate of drug-likeness (QED) is 0.824. The molecule has 1 heterocycles. The second-order valence-electron chi connectivity index (χ2n) is 3.62. The Labute approximate surface area is 114 Å². The first-order valence-corrected chi connectivity index (χ1v) is 5.84. The van der Waals surface area contributed by atoms with Crippen molar-refractivity contribution in [2.24, 2.45) is 0 Å². The van der Waals surface area contributed by atoms with E-state index in [1.807, 2.05) is 6.07 Å². The van der Waals surface area contributed by atoms with Crippen LogP contribution in [0.15, 0.2) is 30.5 Å². The van der Waals surface area contributed by atoms with Crippen LogP contribution in [0.1, 0.15) is 5.56 Å². The number of hydrogen-bond donors (Lipinski definition) is 0. The second-order valence-corrected chi connectivity index (χ2v) is 4.46. The van der Waals surface area contributed by atoms with Crippen LogP contribution in [0.5, 0.6) is 0 Å². The maximum Gasteiger partial charge on any atom is 0.145 e. The van der Waals surface area contributed by atoms with Crippen LogP contribution in [0.4, 0.5) is 4.39 Å². The minimum Gasteiger partial charge on any atom is -0.253 e. The molecule has 0 unspecified atom stereocenters. The molecule has 90 valence electrons. The minimum absolute atomic E-state index is 0.00738. The lowest BCUT2D eigenvalue weighted by molar-refractivity contribution is 0.609. The fourth-order valence-electron chi connectivity index (χ4n) is 1.55. The van der Waals surface area contributed by atoms with E-state index in [0.29, 0.717) is 26.9 Å². The molecule has 0 aliphatic heterocycles. The number of aromatic nitrogens is 1. The van der Waals surface area contributed by atoms with Crippen molar-refractivity contribution in [2.75, 3.05) is 0 Å². The van der Waals surface area contributed by atoms with Crippen molar-refractivity contribution in [1.82, 2.24) is 4.98 Å². The topological polar surface area (TPSA) is 36.7 Å². The summed E-state index contributed by atoms with van der Waals surface area (Å²) in [6.07, 6.45) is 1.08. The highest BCUT2D eigenvalue weighted by Gasteiger charge is 2.09. The van der Waals surface area contributed by atoms with Crippen molar-refractivity contribution < 1.29 is 4.39 Å². The van der Waals surface area contributed by atoms with Gasteiger partial charge >= 0.3 is 0 Å². The first-order chi connectivity index (χ1) is 8.61. The summed E-state index contributed by atoms with van der Waals surface area (Å²) in [6.45, 7) is 0. The number of nitriles is 1. The average molecular weight is 281 g/mol. The molecular weight excluding hydrogens is 274 g/mol. The van der Waals surface area contributed by atoms with Crippen LogP contribution < -0.4 is 0 Å². The van der Waals surface area contributed by atoms with E-state index in [0.717, 1.165) is 6.20 Å². The summed E-state index contributed by atoms with van der Waals surface area (Å²) in [4.78, 5) is 3.97. The summed E-state index contributed by atoms with van der Waals surface area (Å²) in [7, 11) is 0. The number of hydrogen-bond acceptors (Lipinski definition) is 2. The molecule has 5 heteroatoms. The zero-order chi connectivity index (χ0) is 13.1. The van der Waals surface area contributed by atoms with Crippen LogP contribution in [0.25, 0.3) is 11.3 Å². The summed E-state index contributed by atoms with van der Waals surface area (Å²) in [6, 6.07) is 8.41. The van der Waals surface area contributed by atoms with Crippen LogP contribution in [-0.2, 0) is 6.42 Å². The molecule has 0 amide bonds. The van der Waals surface area contributed by atoms with Gasteiger partial charge in [-0.15, -0.1) is 0 Å². The molecule has 0 radical (unpaired) electrons. The summed E-state index contributed by atoms with van der Waals surface area (Å²) >= 11 is 11.9. The van der Waals surface area contributed by atoms with Crippen LogP contribution >= 0.6 is 23.2 Å². The predicted molar refractivity (Wildman–Crippen MR) is 69.0 cm³/mol. The standard InChI is InChI=1S/C13H7Cl2FN2/c14-9-1-2-10(11(15)6-9)13-5-8(3-4-17)12(16)7-18-13/h1-2,5-7H,3H2. The molecule has 0 saturated carbocycles. The van der Waals surface area contributed by atoms with Gasteiger partial charge in [0.25, 0.3) is 0 Å². The zero-order valence-electron chi connectivity index (χ0n) is 9.12. The van der Waals surface area contributed by atoms with E-state index in [-0.39, 0.29) is 6.42 Å². The third kappa shape index (κ3) is 2.61. The monoisotopic (exact) mass is 280 g/mol. The average Bonchev–Trinajstić information content (AvgIpc) is 2.33. The molecule has 0 fully saturated rings. The highest BCUT2D eigenvalue weighted by molar-refractivity contribution is 6.36. The van der Waals surface area contributed by atoms with E-state index < -0.39 is 5.82 Å². The maximum absolute atomic E-state index is 13.4. The molecule has 0 aliphatic rings. The SMILES string of the molecule is N#CCc1cc(-c2ccc(Cl)cc2Cl)ncc1F. The second kappa shape index (κ2) is 5.34. The maximum atomic E-state index is 13.4. The summed E-state index contributed by atoms with van der Waals surface area (Å²) in [5, 5.41) is 9.57. The molecule has 2 nitrogen and oxygen atoms in total. The first kappa shape index (κ1) is 12.8. The lowest BCUT2D eigenvalue weighted by atomic mass is 10.1. The van der Waals surface area contributed by atoms with E-state index in [9.17, 15) is 4.39 Å². The van der Waals surface area contributed by atoms with Gasteiger partial charge in [0.2, 0.25) is 0 Å². The largest absolute Gasteiger partial charge is 0.253 e. The molecule has 0 N–H and O–H groups in total. The van der Waals surface area contributed by atoms with E-state index in [2.05, 4.69) is 4.98 Å². The first-order valence-electron chi connectivity index (χ1n) is 5.08. The van der Waals surface area contributed by atoms with Gasteiger partial charge in [-0.3, -0.25) is 4.98 Å². The normalized spacial score (nSPS) is 10.1. The Balaban J connectivity index is 2.51. The van der Waals surface area contributed by atoms with Crippen molar-refractivity contribution in [2.45, 2.75) is 6.42 Å². The van der Waals surface area contributed by atoms with Crippen LogP contribution in [0, 0.1) is 17.1 Å². The number of rotatable bonds is 2. The van der Waals surface area contributed by atoms with Gasteiger partial charge in [0.1, 0.15) is 5.82 Å².